The smallest absolute Gasteiger partial charge is 0.339 e. The van der Waals surface area contributed by atoms with Crippen molar-refractivity contribution in [2.45, 2.75) is 6.92 Å². The molecule has 7 nitrogen and oxygen atoms in total. The van der Waals surface area contributed by atoms with Gasteiger partial charge in [-0.05, 0) is 19.1 Å². The average molecular weight is 282 g/mol. The predicted octanol–water partition coefficient (Wildman–Crippen LogP) is 0.714. The van der Waals surface area contributed by atoms with Gasteiger partial charge in [-0.1, -0.05) is 0 Å². The summed E-state index contributed by atoms with van der Waals surface area (Å²) in [5, 5.41) is 8.91. The summed E-state index contributed by atoms with van der Waals surface area (Å²) >= 11 is 0. The Bertz CT molecular complexity index is 490. The summed E-state index contributed by atoms with van der Waals surface area (Å²) in [6.45, 7) is 2.26. The number of carbonyl (C=O) groups excluding carboxylic acids is 1. The lowest BCUT2D eigenvalue weighted by molar-refractivity contribution is -0.135. The number of carbonyl (C=O) groups is 2. The van der Waals surface area contributed by atoms with Crippen molar-refractivity contribution in [3.63, 3.8) is 0 Å². The number of hydrogen-bond donors (Lipinski definition) is 1. The van der Waals surface area contributed by atoms with Gasteiger partial charge in [-0.2, -0.15) is 0 Å². The molecular weight excluding hydrogens is 264 g/mol. The fourth-order valence-corrected chi connectivity index (χ4v) is 1.69. The lowest BCUT2D eigenvalue weighted by Crippen LogP contribution is -2.33. The quantitative estimate of drug-likeness (QED) is 0.737. The number of methoxy groups -OCH3 is 2. The molecule has 110 valence electrons. The summed E-state index contributed by atoms with van der Waals surface area (Å²) in [6.07, 6.45) is 0. The van der Waals surface area contributed by atoms with E-state index in [9.17, 15) is 9.59 Å². The van der Waals surface area contributed by atoms with Crippen LogP contribution in [0, 0.1) is 6.92 Å². The maximum absolute atomic E-state index is 11.5. The molecular formula is C13H18N2O5. The first-order valence-electron chi connectivity index (χ1n) is 6.01. The van der Waals surface area contributed by atoms with Crippen LogP contribution in [0.15, 0.2) is 12.1 Å². The zero-order chi connectivity index (χ0) is 15.1. The lowest BCUT2D eigenvalue weighted by atomic mass is 10.2. The van der Waals surface area contributed by atoms with Crippen LogP contribution < -0.4 is 4.90 Å². The van der Waals surface area contributed by atoms with Gasteiger partial charge in [-0.15, -0.1) is 0 Å². The Balaban J connectivity index is 2.99. The summed E-state index contributed by atoms with van der Waals surface area (Å²) in [5.74, 6) is -0.949. The molecule has 0 spiro atoms. The van der Waals surface area contributed by atoms with Crippen molar-refractivity contribution in [3.8, 4) is 0 Å². The van der Waals surface area contributed by atoms with Crippen LogP contribution in [0.1, 0.15) is 16.1 Å². The second-order valence-corrected chi connectivity index (χ2v) is 4.10. The minimum atomic E-state index is -0.961. The Labute approximate surface area is 117 Å². The van der Waals surface area contributed by atoms with E-state index in [-0.39, 0.29) is 6.54 Å². The van der Waals surface area contributed by atoms with Gasteiger partial charge in [0, 0.05) is 13.7 Å². The Morgan fingerprint density at radius 1 is 1.35 bits per heavy atom. The number of rotatable bonds is 7. The molecule has 0 aromatic carbocycles. The van der Waals surface area contributed by atoms with E-state index >= 15 is 0 Å². The highest BCUT2D eigenvalue weighted by Crippen LogP contribution is 2.15. The maximum atomic E-state index is 11.5. The minimum Gasteiger partial charge on any atom is -0.480 e. The van der Waals surface area contributed by atoms with Gasteiger partial charge in [0.25, 0.3) is 0 Å². The highest BCUT2D eigenvalue weighted by molar-refractivity contribution is 5.90. The van der Waals surface area contributed by atoms with Gasteiger partial charge in [0.15, 0.2) is 0 Å². The molecule has 1 aromatic heterocycles. The fourth-order valence-electron chi connectivity index (χ4n) is 1.69. The molecule has 0 saturated heterocycles. The van der Waals surface area contributed by atoms with E-state index in [1.165, 1.54) is 14.2 Å². The molecule has 0 fully saturated rings. The monoisotopic (exact) mass is 282 g/mol. The molecule has 0 aliphatic carbocycles. The highest BCUT2D eigenvalue weighted by Gasteiger charge is 2.15. The third-order valence-corrected chi connectivity index (χ3v) is 2.69. The summed E-state index contributed by atoms with van der Waals surface area (Å²) in [5.41, 5.74) is 0.848. The maximum Gasteiger partial charge on any atom is 0.339 e. The van der Waals surface area contributed by atoms with Crippen molar-refractivity contribution in [1.29, 1.82) is 0 Å². The normalized spacial score (nSPS) is 10.2. The number of hydrogen-bond acceptors (Lipinski definition) is 6. The summed E-state index contributed by atoms with van der Waals surface area (Å²) in [6, 6.07) is 3.17. The van der Waals surface area contributed by atoms with Gasteiger partial charge < -0.3 is 19.5 Å². The molecule has 0 aliphatic heterocycles. The fraction of sp³-hybridized carbons (Fsp3) is 0.462. The molecule has 0 aliphatic rings. The van der Waals surface area contributed by atoms with Crippen LogP contribution in [0.3, 0.4) is 0 Å². The molecule has 1 heterocycles. The summed E-state index contributed by atoms with van der Waals surface area (Å²) in [4.78, 5) is 28.2. The van der Waals surface area contributed by atoms with Crippen molar-refractivity contribution in [1.82, 2.24) is 4.98 Å². The van der Waals surface area contributed by atoms with Crippen LogP contribution in [0.2, 0.25) is 0 Å². The van der Waals surface area contributed by atoms with E-state index in [1.807, 2.05) is 0 Å². The molecule has 1 aromatic rings. The number of aromatic nitrogens is 1. The number of pyridine rings is 1. The zero-order valence-electron chi connectivity index (χ0n) is 11.8. The molecule has 1 N–H and O–H groups in total. The second-order valence-electron chi connectivity index (χ2n) is 4.10. The van der Waals surface area contributed by atoms with Crippen LogP contribution in [0.25, 0.3) is 0 Å². The van der Waals surface area contributed by atoms with E-state index in [1.54, 1.807) is 24.0 Å². The van der Waals surface area contributed by atoms with Gasteiger partial charge >= 0.3 is 11.9 Å². The van der Waals surface area contributed by atoms with E-state index in [4.69, 9.17) is 9.84 Å². The Hall–Kier alpha value is -2.15. The van der Waals surface area contributed by atoms with Crippen molar-refractivity contribution in [2.24, 2.45) is 0 Å². The SMILES string of the molecule is COCCN(CC(=O)O)c1ccc(C(=O)OC)c(C)n1. The van der Waals surface area contributed by atoms with E-state index in [0.29, 0.717) is 30.2 Å². The third kappa shape index (κ3) is 4.20. The van der Waals surface area contributed by atoms with Crippen molar-refractivity contribution < 1.29 is 24.2 Å². The van der Waals surface area contributed by atoms with Crippen molar-refractivity contribution in [2.75, 3.05) is 38.8 Å². The van der Waals surface area contributed by atoms with Crippen molar-refractivity contribution >= 4 is 17.8 Å². The molecule has 0 amide bonds. The first-order valence-corrected chi connectivity index (χ1v) is 6.01. The Morgan fingerprint density at radius 3 is 2.55 bits per heavy atom. The molecule has 0 saturated carbocycles. The molecule has 1 rings (SSSR count). The molecule has 0 radical (unpaired) electrons. The summed E-state index contributed by atoms with van der Waals surface area (Å²) in [7, 11) is 2.84. The number of aryl methyl sites for hydroxylation is 1. The van der Waals surface area contributed by atoms with Gasteiger partial charge in [-0.25, -0.2) is 9.78 Å². The Morgan fingerprint density at radius 2 is 2.05 bits per heavy atom. The van der Waals surface area contributed by atoms with Crippen molar-refractivity contribution in [3.05, 3.63) is 23.4 Å². The van der Waals surface area contributed by atoms with Gasteiger partial charge in [0.1, 0.15) is 12.4 Å². The molecule has 0 atom stereocenters. The number of ether oxygens (including phenoxy) is 2. The van der Waals surface area contributed by atoms with Crippen LogP contribution in [0.5, 0.6) is 0 Å². The first kappa shape index (κ1) is 15.9. The molecule has 0 unspecified atom stereocenters. The van der Waals surface area contributed by atoms with Gasteiger partial charge in [-0.3, -0.25) is 4.79 Å². The van der Waals surface area contributed by atoms with Crippen LogP contribution >= 0.6 is 0 Å². The van der Waals surface area contributed by atoms with E-state index in [0.717, 1.165) is 0 Å². The summed E-state index contributed by atoms with van der Waals surface area (Å²) < 4.78 is 9.59. The predicted molar refractivity (Wildman–Crippen MR) is 72.0 cm³/mol. The largest absolute Gasteiger partial charge is 0.480 e. The second kappa shape index (κ2) is 7.44. The number of carboxylic acids is 1. The van der Waals surface area contributed by atoms with Crippen LogP contribution in [0.4, 0.5) is 5.82 Å². The van der Waals surface area contributed by atoms with Crippen LogP contribution in [-0.2, 0) is 14.3 Å². The average Bonchev–Trinajstić information content (AvgIpc) is 2.42. The molecule has 20 heavy (non-hydrogen) atoms. The first-order chi connectivity index (χ1) is 9.49. The molecule has 0 bridgehead atoms. The molecule has 7 heteroatoms. The standard InChI is InChI=1S/C13H18N2O5/c1-9-10(13(18)20-3)4-5-11(14-9)15(6-7-19-2)8-12(16)17/h4-5H,6-8H2,1-3H3,(H,16,17). The third-order valence-electron chi connectivity index (χ3n) is 2.69. The van der Waals surface area contributed by atoms with Crippen LogP contribution in [-0.4, -0.2) is 55.9 Å². The lowest BCUT2D eigenvalue weighted by Gasteiger charge is -2.22. The number of esters is 1. The zero-order valence-corrected chi connectivity index (χ0v) is 11.8. The minimum absolute atomic E-state index is 0.187. The number of carboxylic acid groups (broad SMARTS) is 1. The topological polar surface area (TPSA) is 89.0 Å². The Kier molecular flexibility index (Phi) is 5.92. The number of nitrogens with zero attached hydrogens (tertiary/aromatic N) is 2. The van der Waals surface area contributed by atoms with Gasteiger partial charge in [0.05, 0.1) is 25.0 Å². The van der Waals surface area contributed by atoms with E-state index in [2.05, 4.69) is 9.72 Å². The number of anilines is 1. The van der Waals surface area contributed by atoms with E-state index < -0.39 is 11.9 Å². The highest BCUT2D eigenvalue weighted by atomic mass is 16.5. The number of aliphatic carboxylic acids is 1. The van der Waals surface area contributed by atoms with Gasteiger partial charge in [0.2, 0.25) is 0 Å².